The minimum atomic E-state index is -0.228. The van der Waals surface area contributed by atoms with Gasteiger partial charge in [0.15, 0.2) is 0 Å². The van der Waals surface area contributed by atoms with E-state index in [0.717, 1.165) is 44.8 Å². The molecular weight excluding hydrogens is 268 g/mol. The summed E-state index contributed by atoms with van der Waals surface area (Å²) in [6, 6.07) is 2.45. The zero-order chi connectivity index (χ0) is 14.8. The topological polar surface area (TPSA) is 59.4 Å². The predicted molar refractivity (Wildman–Crippen MR) is 78.8 cm³/mol. The molecule has 1 saturated heterocycles. The van der Waals surface area contributed by atoms with Crippen molar-refractivity contribution in [2.75, 3.05) is 19.8 Å². The zero-order valence-corrected chi connectivity index (χ0v) is 12.8. The fraction of sp³-hybridized carbons (Fsp3) is 0.733. The normalized spacial score (nSPS) is 24.0. The van der Waals surface area contributed by atoms with Crippen LogP contribution in [0.4, 0.5) is 0 Å². The van der Waals surface area contributed by atoms with Crippen molar-refractivity contribution in [1.29, 1.82) is 0 Å². The van der Waals surface area contributed by atoms with Gasteiger partial charge in [-0.15, -0.1) is 0 Å². The molecule has 0 bridgehead atoms. The molecule has 1 amide bonds. The lowest BCUT2D eigenvalue weighted by molar-refractivity contribution is -0.127. The summed E-state index contributed by atoms with van der Waals surface area (Å²) >= 11 is 0. The molecule has 0 unspecified atom stereocenters. The molecule has 0 spiro atoms. The molecule has 0 radical (unpaired) electrons. The van der Waals surface area contributed by atoms with Crippen LogP contribution in [0.1, 0.15) is 38.4 Å². The summed E-state index contributed by atoms with van der Waals surface area (Å²) in [5, 5.41) is 7.37. The number of aromatic nitrogens is 2. The lowest BCUT2D eigenvalue weighted by Gasteiger charge is -2.39. The molecule has 1 atom stereocenters. The van der Waals surface area contributed by atoms with Gasteiger partial charge in [0.1, 0.15) is 6.04 Å². The molecule has 1 aromatic rings. The van der Waals surface area contributed by atoms with E-state index in [1.54, 1.807) is 6.20 Å². The van der Waals surface area contributed by atoms with Gasteiger partial charge in [0.25, 0.3) is 0 Å². The van der Waals surface area contributed by atoms with Crippen LogP contribution in [-0.4, -0.2) is 52.4 Å². The largest absolute Gasteiger partial charge is 0.381 e. The highest BCUT2D eigenvalue weighted by Crippen LogP contribution is 2.25. The molecule has 1 N–H and O–H groups in total. The van der Waals surface area contributed by atoms with Crippen LogP contribution < -0.4 is 5.32 Å². The monoisotopic (exact) mass is 292 g/mol. The van der Waals surface area contributed by atoms with Crippen molar-refractivity contribution in [3.63, 3.8) is 0 Å². The van der Waals surface area contributed by atoms with E-state index in [1.165, 1.54) is 0 Å². The number of fused-ring (bicyclic) bond motifs is 1. The number of ether oxygens (including phenoxy) is 1. The van der Waals surface area contributed by atoms with Crippen molar-refractivity contribution >= 4 is 5.91 Å². The fourth-order valence-corrected chi connectivity index (χ4v) is 3.22. The summed E-state index contributed by atoms with van der Waals surface area (Å²) < 4.78 is 7.33. The van der Waals surface area contributed by atoms with E-state index in [2.05, 4.69) is 15.3 Å². The first kappa shape index (κ1) is 14.5. The Morgan fingerprint density at radius 1 is 1.43 bits per heavy atom. The minimum Gasteiger partial charge on any atom is -0.381 e. The van der Waals surface area contributed by atoms with Gasteiger partial charge in [-0.25, -0.2) is 0 Å². The van der Waals surface area contributed by atoms with Gasteiger partial charge >= 0.3 is 0 Å². The summed E-state index contributed by atoms with van der Waals surface area (Å²) in [7, 11) is 0. The first-order valence-corrected chi connectivity index (χ1v) is 7.79. The van der Waals surface area contributed by atoms with Gasteiger partial charge in [-0.05, 0) is 32.8 Å². The second kappa shape index (κ2) is 6.15. The number of nitrogens with zero attached hydrogens (tertiary/aromatic N) is 3. The third-order valence-corrected chi connectivity index (χ3v) is 4.26. The first-order valence-electron chi connectivity index (χ1n) is 7.79. The van der Waals surface area contributed by atoms with Crippen molar-refractivity contribution in [3.05, 3.63) is 18.0 Å². The number of carbonyl (C=O) groups is 1. The van der Waals surface area contributed by atoms with Crippen LogP contribution in [0, 0.1) is 0 Å². The molecule has 0 aliphatic carbocycles. The van der Waals surface area contributed by atoms with Crippen LogP contribution in [0.2, 0.25) is 0 Å². The van der Waals surface area contributed by atoms with Gasteiger partial charge in [0.2, 0.25) is 5.91 Å². The van der Waals surface area contributed by atoms with E-state index in [1.807, 2.05) is 24.6 Å². The lowest BCUT2D eigenvalue weighted by atomic mass is 10.0. The van der Waals surface area contributed by atoms with E-state index in [4.69, 9.17) is 4.74 Å². The maximum absolute atomic E-state index is 12.5. The Balaban J connectivity index is 1.78. The molecule has 0 aromatic carbocycles. The first-order chi connectivity index (χ1) is 10.1. The summed E-state index contributed by atoms with van der Waals surface area (Å²) in [5.41, 5.74) is 1.12. The quantitative estimate of drug-likeness (QED) is 0.901. The second-order valence-corrected chi connectivity index (χ2v) is 6.22. The summed E-state index contributed by atoms with van der Waals surface area (Å²) in [5.74, 6) is 0.0618. The average molecular weight is 292 g/mol. The van der Waals surface area contributed by atoms with Gasteiger partial charge in [0.05, 0.1) is 5.69 Å². The smallest absolute Gasteiger partial charge is 0.246 e. The van der Waals surface area contributed by atoms with Crippen molar-refractivity contribution in [2.24, 2.45) is 0 Å². The molecule has 2 aliphatic heterocycles. The maximum Gasteiger partial charge on any atom is 0.246 e. The van der Waals surface area contributed by atoms with Gasteiger partial charge in [0, 0.05) is 44.6 Å². The van der Waals surface area contributed by atoms with Crippen molar-refractivity contribution in [3.8, 4) is 0 Å². The second-order valence-electron chi connectivity index (χ2n) is 6.22. The fourth-order valence-electron chi connectivity index (χ4n) is 3.22. The summed E-state index contributed by atoms with van der Waals surface area (Å²) in [4.78, 5) is 14.9. The van der Waals surface area contributed by atoms with Gasteiger partial charge in [-0.1, -0.05) is 0 Å². The number of hydrogen-bond donors (Lipinski definition) is 1. The molecule has 6 heteroatoms. The van der Waals surface area contributed by atoms with Gasteiger partial charge in [-0.2, -0.15) is 5.10 Å². The highest BCUT2D eigenvalue weighted by Gasteiger charge is 2.34. The Labute approximate surface area is 125 Å². The molecule has 21 heavy (non-hydrogen) atoms. The SMILES string of the molecule is CC(C)NC(=O)[C@H]1CN(C2CCOCC2)Cc2ccnn21. The van der Waals surface area contributed by atoms with E-state index in [9.17, 15) is 4.79 Å². The van der Waals surface area contributed by atoms with E-state index < -0.39 is 0 Å². The van der Waals surface area contributed by atoms with Gasteiger partial charge < -0.3 is 10.1 Å². The summed E-state index contributed by atoms with van der Waals surface area (Å²) in [6.45, 7) is 7.22. The molecule has 116 valence electrons. The number of rotatable bonds is 3. The molecule has 1 aromatic heterocycles. The average Bonchev–Trinajstić information content (AvgIpc) is 2.94. The molecule has 1 fully saturated rings. The molecule has 3 heterocycles. The Hall–Kier alpha value is -1.40. The molecular formula is C15H24N4O2. The Kier molecular flexibility index (Phi) is 4.26. The van der Waals surface area contributed by atoms with Crippen molar-refractivity contribution in [2.45, 2.75) is 51.4 Å². The van der Waals surface area contributed by atoms with Crippen molar-refractivity contribution in [1.82, 2.24) is 20.0 Å². The Morgan fingerprint density at radius 3 is 2.90 bits per heavy atom. The van der Waals surface area contributed by atoms with Crippen molar-refractivity contribution < 1.29 is 9.53 Å². The third kappa shape index (κ3) is 3.11. The highest BCUT2D eigenvalue weighted by atomic mass is 16.5. The molecule has 3 rings (SSSR count). The molecule has 0 saturated carbocycles. The van der Waals surface area contributed by atoms with Crippen LogP contribution >= 0.6 is 0 Å². The Morgan fingerprint density at radius 2 is 2.19 bits per heavy atom. The van der Waals surface area contributed by atoms with Crippen LogP contribution in [0.3, 0.4) is 0 Å². The summed E-state index contributed by atoms with van der Waals surface area (Å²) in [6.07, 6.45) is 3.89. The minimum absolute atomic E-state index is 0.0618. The van der Waals surface area contributed by atoms with E-state index in [0.29, 0.717) is 6.04 Å². The molecule has 2 aliphatic rings. The van der Waals surface area contributed by atoms with E-state index >= 15 is 0 Å². The highest BCUT2D eigenvalue weighted by molar-refractivity contribution is 5.81. The Bertz CT molecular complexity index is 494. The standard InChI is InChI=1S/C15H24N4O2/c1-11(2)17-15(20)14-10-18(12-4-7-21-8-5-12)9-13-3-6-16-19(13)14/h3,6,11-12,14H,4-5,7-10H2,1-2H3,(H,17,20)/t14-/m1/s1. The number of nitrogens with one attached hydrogen (secondary N) is 1. The third-order valence-electron chi connectivity index (χ3n) is 4.26. The number of hydrogen-bond acceptors (Lipinski definition) is 4. The van der Waals surface area contributed by atoms with Crippen LogP contribution in [0.5, 0.6) is 0 Å². The molecule has 6 nitrogen and oxygen atoms in total. The van der Waals surface area contributed by atoms with Gasteiger partial charge in [-0.3, -0.25) is 14.4 Å². The van der Waals surface area contributed by atoms with Crippen LogP contribution in [0.15, 0.2) is 12.3 Å². The predicted octanol–water partition coefficient (Wildman–Crippen LogP) is 0.943. The van der Waals surface area contributed by atoms with Crippen LogP contribution in [-0.2, 0) is 16.1 Å². The van der Waals surface area contributed by atoms with Crippen LogP contribution in [0.25, 0.3) is 0 Å². The lowest BCUT2D eigenvalue weighted by Crippen LogP contribution is -2.50. The number of carbonyl (C=O) groups excluding carboxylic acids is 1. The number of amides is 1. The maximum atomic E-state index is 12.5. The zero-order valence-electron chi connectivity index (χ0n) is 12.8. The van der Waals surface area contributed by atoms with E-state index in [-0.39, 0.29) is 18.0 Å².